The van der Waals surface area contributed by atoms with Crippen molar-refractivity contribution >= 4 is 42.8 Å². The molecule has 7 nitrogen and oxygen atoms in total. The third-order valence-electron chi connectivity index (χ3n) is 4.58. The van der Waals surface area contributed by atoms with Crippen LogP contribution in [-0.4, -0.2) is 35.5 Å². The quantitative estimate of drug-likeness (QED) is 0.176. The minimum Gasteiger partial charge on any atom is -0.363 e. The Morgan fingerprint density at radius 3 is 2.50 bits per heavy atom. The van der Waals surface area contributed by atoms with Gasteiger partial charge in [0.1, 0.15) is 28.7 Å². The summed E-state index contributed by atoms with van der Waals surface area (Å²) in [7, 11) is -6.29. The third-order valence-corrected chi connectivity index (χ3v) is 6.01. The molecular formula is C19H15BrF6N4O3S. The lowest BCUT2D eigenvalue weighted by Gasteiger charge is -2.22. The minimum atomic E-state index is -6.29. The van der Waals surface area contributed by atoms with Gasteiger partial charge in [0.05, 0.1) is 23.3 Å². The van der Waals surface area contributed by atoms with Crippen LogP contribution in [-0.2, 0) is 20.2 Å². The number of benzene rings is 1. The number of nitrogens with zero attached hydrogens (tertiary/aromatic N) is 3. The van der Waals surface area contributed by atoms with Gasteiger partial charge in [-0.25, -0.2) is 19.3 Å². The molecule has 0 fully saturated rings. The molecular weight excluding hydrogens is 558 g/mol. The van der Waals surface area contributed by atoms with Gasteiger partial charge >= 0.3 is 15.6 Å². The zero-order valence-electron chi connectivity index (χ0n) is 17.3. The molecule has 0 unspecified atom stereocenters. The highest BCUT2D eigenvalue weighted by atomic mass is 79.9. The Balaban J connectivity index is 1.92. The van der Waals surface area contributed by atoms with Crippen LogP contribution in [0.15, 0.2) is 35.1 Å². The highest BCUT2D eigenvalue weighted by molar-refractivity contribution is 9.10. The maximum atomic E-state index is 15.0. The van der Waals surface area contributed by atoms with Crippen molar-refractivity contribution in [2.24, 2.45) is 0 Å². The third kappa shape index (κ3) is 5.41. The molecule has 184 valence electrons. The van der Waals surface area contributed by atoms with Crippen LogP contribution in [0, 0.1) is 12.7 Å². The van der Waals surface area contributed by atoms with Crippen molar-refractivity contribution in [1.82, 2.24) is 15.0 Å². The van der Waals surface area contributed by atoms with Gasteiger partial charge in [-0.15, -0.1) is 0 Å². The average molecular weight is 573 g/mol. The highest BCUT2D eigenvalue weighted by Gasteiger charge is 2.49. The Bertz CT molecular complexity index is 1340. The molecule has 15 heteroatoms. The first-order chi connectivity index (χ1) is 15.6. The van der Waals surface area contributed by atoms with Crippen LogP contribution in [0.1, 0.15) is 29.9 Å². The molecule has 0 amide bonds. The number of hydrogen-bond donors (Lipinski definition) is 1. The van der Waals surface area contributed by atoms with Crippen molar-refractivity contribution in [1.29, 1.82) is 0 Å². The summed E-state index contributed by atoms with van der Waals surface area (Å²) in [4.78, 5) is 12.5. The molecule has 2 heterocycles. The molecule has 1 aromatic carbocycles. The van der Waals surface area contributed by atoms with Gasteiger partial charge in [-0.05, 0) is 41.9 Å². The van der Waals surface area contributed by atoms with E-state index in [1.165, 1.54) is 19.2 Å². The van der Waals surface area contributed by atoms with Crippen molar-refractivity contribution < 1.29 is 38.9 Å². The monoisotopic (exact) mass is 572 g/mol. The minimum absolute atomic E-state index is 0.259. The van der Waals surface area contributed by atoms with Gasteiger partial charge < -0.3 is 5.32 Å². The lowest BCUT2D eigenvalue weighted by atomic mass is 10.00. The highest BCUT2D eigenvalue weighted by Crippen LogP contribution is 2.36. The van der Waals surface area contributed by atoms with E-state index >= 15 is 4.39 Å². The largest absolute Gasteiger partial charge is 0.523 e. The first-order valence-electron chi connectivity index (χ1n) is 9.31. The topological polar surface area (TPSA) is 94.1 Å². The second kappa shape index (κ2) is 9.26. The van der Waals surface area contributed by atoms with E-state index in [1.54, 1.807) is 13.0 Å². The van der Waals surface area contributed by atoms with Crippen LogP contribution in [0.5, 0.6) is 0 Å². The lowest BCUT2D eigenvalue weighted by molar-refractivity contribution is -0.0757. The number of nitrogens with one attached hydrogen (secondary N) is 1. The molecule has 0 saturated heterocycles. The fourth-order valence-electron chi connectivity index (χ4n) is 2.98. The molecule has 1 atom stereocenters. The Morgan fingerprint density at radius 1 is 1.18 bits per heavy atom. The molecule has 0 saturated carbocycles. The van der Waals surface area contributed by atoms with Gasteiger partial charge in [-0.2, -0.15) is 30.4 Å². The Labute approximate surface area is 197 Å². The molecule has 0 aliphatic heterocycles. The van der Waals surface area contributed by atoms with Crippen molar-refractivity contribution in [2.45, 2.75) is 31.3 Å². The summed E-state index contributed by atoms with van der Waals surface area (Å²) in [5.41, 5.74) is -7.03. The van der Waals surface area contributed by atoms with Crippen LogP contribution >= 0.6 is 15.9 Å². The van der Waals surface area contributed by atoms with E-state index in [9.17, 15) is 30.4 Å². The maximum Gasteiger partial charge on any atom is 0.523 e. The fourth-order valence-corrected chi connectivity index (χ4v) is 3.75. The second-order valence-corrected chi connectivity index (χ2v) is 9.50. The first-order valence-corrected chi connectivity index (χ1v) is 11.5. The number of halogens is 7. The first kappa shape index (κ1) is 26.1. The second-order valence-electron chi connectivity index (χ2n) is 7.08. The van der Waals surface area contributed by atoms with Crippen molar-refractivity contribution in [2.75, 3.05) is 11.9 Å². The van der Waals surface area contributed by atoms with Crippen molar-refractivity contribution in [3.8, 4) is 0 Å². The Kier molecular flexibility index (Phi) is 7.11. The van der Waals surface area contributed by atoms with Crippen LogP contribution in [0.4, 0.5) is 32.2 Å². The molecule has 3 rings (SSSR count). The number of rotatable bonds is 7. The SMILES string of the molecule is Cc1nc(N[C@H](C)c2cccc(C(F)(F)COS(=O)(=O)C(F)(F)F)c2F)c2cc(Br)ncc2n1. The summed E-state index contributed by atoms with van der Waals surface area (Å²) in [6, 6.07) is 3.53. The summed E-state index contributed by atoms with van der Waals surface area (Å²) in [6.45, 7) is 0.826. The fraction of sp³-hybridized carbons (Fsp3) is 0.316. The molecule has 1 N–H and O–H groups in total. The average Bonchev–Trinajstić information content (AvgIpc) is 2.72. The van der Waals surface area contributed by atoms with E-state index in [-0.39, 0.29) is 11.4 Å². The molecule has 0 bridgehead atoms. The van der Waals surface area contributed by atoms with Crippen molar-refractivity contribution in [3.05, 3.63) is 57.8 Å². The number of fused-ring (bicyclic) bond motifs is 1. The summed E-state index contributed by atoms with van der Waals surface area (Å²) in [6.07, 6.45) is 1.47. The van der Waals surface area contributed by atoms with Gasteiger partial charge in [0.25, 0.3) is 5.92 Å². The van der Waals surface area contributed by atoms with E-state index in [0.717, 1.165) is 6.07 Å². The summed E-state index contributed by atoms with van der Waals surface area (Å²) < 4.78 is 107. The van der Waals surface area contributed by atoms with E-state index in [0.29, 0.717) is 27.4 Å². The molecule has 3 aromatic rings. The summed E-state index contributed by atoms with van der Waals surface area (Å²) in [5.74, 6) is -5.21. The van der Waals surface area contributed by atoms with E-state index in [1.807, 2.05) is 0 Å². The summed E-state index contributed by atoms with van der Waals surface area (Å²) in [5, 5.41) is 3.41. The number of alkyl halides is 5. The Hall–Kier alpha value is -2.52. The molecule has 0 aliphatic carbocycles. The summed E-state index contributed by atoms with van der Waals surface area (Å²) >= 11 is 3.22. The molecule has 34 heavy (non-hydrogen) atoms. The number of pyridine rings is 1. The maximum absolute atomic E-state index is 15.0. The zero-order chi connectivity index (χ0) is 25.5. The smallest absolute Gasteiger partial charge is 0.363 e. The predicted molar refractivity (Wildman–Crippen MR) is 113 cm³/mol. The predicted octanol–water partition coefficient (Wildman–Crippen LogP) is 5.37. The Morgan fingerprint density at radius 2 is 1.85 bits per heavy atom. The van der Waals surface area contributed by atoms with E-state index in [4.69, 9.17) is 0 Å². The van der Waals surface area contributed by atoms with Gasteiger partial charge in [-0.1, -0.05) is 12.1 Å². The van der Waals surface area contributed by atoms with Crippen LogP contribution in [0.3, 0.4) is 0 Å². The van der Waals surface area contributed by atoms with Gasteiger partial charge in [0.15, 0.2) is 0 Å². The van der Waals surface area contributed by atoms with E-state index < -0.39 is 45.6 Å². The molecule has 0 radical (unpaired) electrons. The van der Waals surface area contributed by atoms with Gasteiger partial charge in [-0.3, -0.25) is 4.18 Å². The lowest BCUT2D eigenvalue weighted by Crippen LogP contribution is -2.31. The number of aryl methyl sites for hydroxylation is 1. The van der Waals surface area contributed by atoms with Gasteiger partial charge in [0.2, 0.25) is 0 Å². The molecule has 0 aliphatic rings. The normalized spacial score (nSPS) is 13.8. The van der Waals surface area contributed by atoms with Crippen LogP contribution in [0.25, 0.3) is 10.9 Å². The van der Waals surface area contributed by atoms with Crippen molar-refractivity contribution in [3.63, 3.8) is 0 Å². The molecule has 0 spiro atoms. The zero-order valence-corrected chi connectivity index (χ0v) is 19.7. The number of anilines is 1. The number of aromatic nitrogens is 3. The number of hydrogen-bond acceptors (Lipinski definition) is 7. The van der Waals surface area contributed by atoms with Crippen LogP contribution in [0.2, 0.25) is 0 Å². The molecule has 2 aromatic heterocycles. The van der Waals surface area contributed by atoms with E-state index in [2.05, 4.69) is 40.4 Å². The standard InChI is InChI=1S/C19H15BrF6N4O3S/c1-9(28-17-12-6-15(20)27-7-14(12)29-10(2)30-17)11-4-3-5-13(16(11)21)18(22,23)8-33-34(31,32)19(24,25)26/h3-7,9H,8H2,1-2H3,(H,28,29,30)/t9-/m1/s1. The van der Waals surface area contributed by atoms with Gasteiger partial charge in [0, 0.05) is 10.9 Å². The van der Waals surface area contributed by atoms with Crippen LogP contribution < -0.4 is 5.32 Å².